The van der Waals surface area contributed by atoms with Crippen molar-refractivity contribution >= 4 is 12.0 Å². The predicted octanol–water partition coefficient (Wildman–Crippen LogP) is 2.51. The lowest BCUT2D eigenvalue weighted by Gasteiger charge is -2.44. The molecule has 1 aromatic rings. The molecule has 2 amide bonds. The van der Waals surface area contributed by atoms with Crippen LogP contribution in [0.4, 0.5) is 9.18 Å². The third-order valence-electron chi connectivity index (χ3n) is 7.03. The summed E-state index contributed by atoms with van der Waals surface area (Å²) in [7, 11) is 0. The average molecular weight is 358 g/mol. The summed E-state index contributed by atoms with van der Waals surface area (Å²) >= 11 is 0. The fourth-order valence-corrected chi connectivity index (χ4v) is 5.25. The number of benzene rings is 1. The summed E-state index contributed by atoms with van der Waals surface area (Å²) in [5.41, 5.74) is 1.53. The van der Waals surface area contributed by atoms with Crippen molar-refractivity contribution in [2.75, 3.05) is 19.7 Å². The number of carbonyl (C=O) groups excluding carboxylic acids is 2. The number of piperidine rings is 1. The highest BCUT2D eigenvalue weighted by molar-refractivity contribution is 5.82. The van der Waals surface area contributed by atoms with Gasteiger partial charge in [0, 0.05) is 24.4 Å². The van der Waals surface area contributed by atoms with Crippen molar-refractivity contribution in [2.24, 2.45) is 11.8 Å². The van der Waals surface area contributed by atoms with Crippen LogP contribution in [0, 0.1) is 24.6 Å². The lowest BCUT2D eigenvalue weighted by Crippen LogP contribution is -2.58. The standard InChI is InChI=1S/C20H23FN2O3/c1-12-2-3-14(6-16(12)21)20-4-5-23(10-15(20)9-20)17(24)13-7-19(8-13)11-26-18(25)22-19/h2-3,6,13,15H,4-5,7-11H2,1H3,(H,22,25)/t13-,15-,19+,20-/m1/s1. The zero-order valence-electron chi connectivity index (χ0n) is 14.9. The number of hydrogen-bond acceptors (Lipinski definition) is 3. The predicted molar refractivity (Wildman–Crippen MR) is 92.1 cm³/mol. The van der Waals surface area contributed by atoms with Crippen molar-refractivity contribution in [1.82, 2.24) is 10.2 Å². The van der Waals surface area contributed by atoms with Crippen LogP contribution in [0.15, 0.2) is 18.2 Å². The van der Waals surface area contributed by atoms with Crippen LogP contribution in [0.25, 0.3) is 0 Å². The number of halogens is 1. The van der Waals surface area contributed by atoms with Gasteiger partial charge in [-0.05, 0) is 55.7 Å². The Bertz CT molecular complexity index is 804. The van der Waals surface area contributed by atoms with Crippen LogP contribution in [0.1, 0.15) is 36.8 Å². The van der Waals surface area contributed by atoms with Crippen molar-refractivity contribution < 1.29 is 18.7 Å². The number of cyclic esters (lactones) is 1. The summed E-state index contributed by atoms with van der Waals surface area (Å²) in [5.74, 6) is 0.486. The molecule has 0 unspecified atom stereocenters. The molecule has 2 aliphatic heterocycles. The van der Waals surface area contributed by atoms with Crippen molar-refractivity contribution in [2.45, 2.75) is 43.6 Å². The van der Waals surface area contributed by atoms with Crippen LogP contribution in [-0.4, -0.2) is 42.1 Å². The van der Waals surface area contributed by atoms with Crippen LogP contribution in [0.3, 0.4) is 0 Å². The molecule has 4 fully saturated rings. The van der Waals surface area contributed by atoms with E-state index in [-0.39, 0.29) is 34.7 Å². The van der Waals surface area contributed by atoms with E-state index in [1.165, 1.54) is 0 Å². The topological polar surface area (TPSA) is 58.6 Å². The van der Waals surface area contributed by atoms with E-state index in [0.717, 1.165) is 31.5 Å². The van der Waals surface area contributed by atoms with Gasteiger partial charge in [-0.2, -0.15) is 0 Å². The molecule has 2 saturated heterocycles. The Morgan fingerprint density at radius 2 is 2.15 bits per heavy atom. The molecular formula is C20H23FN2O3. The van der Waals surface area contributed by atoms with E-state index < -0.39 is 0 Å². The van der Waals surface area contributed by atoms with Crippen LogP contribution in [-0.2, 0) is 14.9 Å². The Balaban J connectivity index is 1.22. The number of hydrogen-bond donors (Lipinski definition) is 1. The Hall–Kier alpha value is -2.11. The highest BCUT2D eigenvalue weighted by Crippen LogP contribution is 2.59. The number of nitrogens with zero attached hydrogens (tertiary/aromatic N) is 1. The first-order valence-electron chi connectivity index (χ1n) is 9.41. The van der Waals surface area contributed by atoms with Crippen LogP contribution in [0.2, 0.25) is 0 Å². The first-order chi connectivity index (χ1) is 12.4. The van der Waals surface area contributed by atoms with E-state index in [0.29, 0.717) is 30.9 Å². The van der Waals surface area contributed by atoms with Crippen molar-refractivity contribution in [1.29, 1.82) is 0 Å². The van der Waals surface area contributed by atoms with Gasteiger partial charge in [0.05, 0.1) is 5.54 Å². The number of nitrogens with one attached hydrogen (secondary N) is 1. The van der Waals surface area contributed by atoms with Gasteiger partial charge >= 0.3 is 6.09 Å². The van der Waals surface area contributed by atoms with Gasteiger partial charge in [0.25, 0.3) is 0 Å². The second kappa shape index (κ2) is 5.21. The third kappa shape index (κ3) is 2.27. The van der Waals surface area contributed by atoms with Crippen molar-refractivity contribution in [3.63, 3.8) is 0 Å². The minimum atomic E-state index is -0.373. The number of rotatable bonds is 2. The van der Waals surface area contributed by atoms with E-state index in [2.05, 4.69) is 5.32 Å². The highest BCUT2D eigenvalue weighted by atomic mass is 19.1. The van der Waals surface area contributed by atoms with E-state index in [1.54, 1.807) is 13.0 Å². The van der Waals surface area contributed by atoms with Gasteiger partial charge in [0.1, 0.15) is 12.4 Å². The summed E-state index contributed by atoms with van der Waals surface area (Å²) in [4.78, 5) is 26.0. The number of aryl methyl sites for hydroxylation is 1. The second-order valence-corrected chi connectivity index (χ2v) is 8.64. The molecule has 2 atom stereocenters. The van der Waals surface area contributed by atoms with Crippen LogP contribution < -0.4 is 5.32 Å². The van der Waals surface area contributed by atoms with Gasteiger partial charge in [-0.1, -0.05) is 12.1 Å². The molecule has 0 aromatic heterocycles. The van der Waals surface area contributed by atoms with E-state index in [1.807, 2.05) is 17.0 Å². The maximum absolute atomic E-state index is 14.0. The maximum atomic E-state index is 14.0. The minimum Gasteiger partial charge on any atom is -0.447 e. The Morgan fingerprint density at radius 1 is 1.35 bits per heavy atom. The molecule has 1 N–H and O–H groups in total. The Morgan fingerprint density at radius 3 is 2.81 bits per heavy atom. The van der Waals surface area contributed by atoms with Crippen LogP contribution >= 0.6 is 0 Å². The molecule has 0 radical (unpaired) electrons. The summed E-state index contributed by atoms with van der Waals surface area (Å²) in [6.07, 6.45) is 2.92. The molecule has 2 heterocycles. The molecule has 5 rings (SSSR count). The van der Waals surface area contributed by atoms with Gasteiger partial charge in [0.2, 0.25) is 5.91 Å². The van der Waals surface area contributed by atoms with Crippen LogP contribution in [0.5, 0.6) is 0 Å². The average Bonchev–Trinajstić information content (AvgIpc) is 3.21. The zero-order chi connectivity index (χ0) is 18.1. The Labute approximate surface area is 151 Å². The van der Waals surface area contributed by atoms with Gasteiger partial charge in [-0.3, -0.25) is 4.79 Å². The number of alkyl carbamates (subject to hydrolysis) is 1. The molecular weight excluding hydrogens is 335 g/mol. The van der Waals surface area contributed by atoms with Crippen molar-refractivity contribution in [3.05, 3.63) is 35.1 Å². The zero-order valence-corrected chi connectivity index (χ0v) is 14.9. The largest absolute Gasteiger partial charge is 0.447 e. The summed E-state index contributed by atoms with van der Waals surface area (Å²) in [6.45, 7) is 3.66. The molecule has 1 spiro atoms. The summed E-state index contributed by atoms with van der Waals surface area (Å²) in [6, 6.07) is 5.59. The fourth-order valence-electron chi connectivity index (χ4n) is 5.25. The molecule has 2 aliphatic carbocycles. The lowest BCUT2D eigenvalue weighted by atomic mass is 9.68. The molecule has 1 aromatic carbocycles. The molecule has 6 heteroatoms. The molecule has 26 heavy (non-hydrogen) atoms. The summed E-state index contributed by atoms with van der Waals surface area (Å²) in [5, 5.41) is 2.84. The lowest BCUT2D eigenvalue weighted by molar-refractivity contribution is -0.142. The fraction of sp³-hybridized carbons (Fsp3) is 0.600. The minimum absolute atomic E-state index is 0.0138. The third-order valence-corrected chi connectivity index (χ3v) is 7.03. The van der Waals surface area contributed by atoms with E-state index in [9.17, 15) is 14.0 Å². The first-order valence-corrected chi connectivity index (χ1v) is 9.41. The van der Waals surface area contributed by atoms with E-state index in [4.69, 9.17) is 4.74 Å². The van der Waals surface area contributed by atoms with Gasteiger partial charge in [0.15, 0.2) is 0 Å². The van der Waals surface area contributed by atoms with Gasteiger partial charge in [-0.25, -0.2) is 9.18 Å². The number of ether oxygens (including phenoxy) is 1. The molecule has 0 bridgehead atoms. The summed E-state index contributed by atoms with van der Waals surface area (Å²) < 4.78 is 18.9. The SMILES string of the molecule is Cc1ccc([C@]23CCN(C(=O)[C@H]4C[C@]5(COC(=O)N5)C4)C[C@H]2C3)cc1F. The van der Waals surface area contributed by atoms with E-state index >= 15 is 0 Å². The smallest absolute Gasteiger partial charge is 0.407 e. The molecule has 4 aliphatic rings. The first kappa shape index (κ1) is 16.1. The number of amides is 2. The number of fused-ring (bicyclic) bond motifs is 1. The highest BCUT2D eigenvalue weighted by Gasteiger charge is 2.59. The normalized spacial score (nSPS) is 37.6. The quantitative estimate of drug-likeness (QED) is 0.884. The number of likely N-dealkylation sites (tertiary alicyclic amines) is 1. The maximum Gasteiger partial charge on any atom is 0.407 e. The monoisotopic (exact) mass is 358 g/mol. The van der Waals surface area contributed by atoms with Gasteiger partial charge in [-0.15, -0.1) is 0 Å². The molecule has 5 nitrogen and oxygen atoms in total. The second-order valence-electron chi connectivity index (χ2n) is 8.64. The van der Waals surface area contributed by atoms with Crippen molar-refractivity contribution in [3.8, 4) is 0 Å². The van der Waals surface area contributed by atoms with Gasteiger partial charge < -0.3 is 15.0 Å². The molecule has 138 valence electrons. The Kier molecular flexibility index (Phi) is 3.22. The number of carbonyl (C=O) groups is 2. The molecule has 2 saturated carbocycles.